The molecule has 0 aliphatic heterocycles. The average molecular weight is 365 g/mol. The fourth-order valence-corrected chi connectivity index (χ4v) is 2.81. The molecule has 0 saturated carbocycles. The number of nitrogens with one attached hydrogen (secondary N) is 1. The highest BCUT2D eigenvalue weighted by molar-refractivity contribution is 8.01. The Morgan fingerprint density at radius 2 is 2.04 bits per heavy atom. The molecule has 2 aromatic rings. The van der Waals surface area contributed by atoms with E-state index in [0.717, 1.165) is 5.56 Å². The molecule has 2 amide bonds. The van der Waals surface area contributed by atoms with Crippen molar-refractivity contribution >= 4 is 29.4 Å². The van der Waals surface area contributed by atoms with Crippen molar-refractivity contribution in [3.8, 4) is 0 Å². The molecule has 8 heteroatoms. The molecular weight excluding hydrogens is 345 g/mol. The third-order valence-electron chi connectivity index (χ3n) is 3.46. The van der Waals surface area contributed by atoms with Gasteiger partial charge in [-0.3, -0.25) is 9.59 Å². The molecule has 0 aliphatic rings. The van der Waals surface area contributed by atoms with Crippen LogP contribution < -0.4 is 5.32 Å². The van der Waals surface area contributed by atoms with E-state index < -0.39 is 5.25 Å². The van der Waals surface area contributed by atoms with Crippen LogP contribution in [0.4, 0.5) is 10.2 Å². The van der Waals surface area contributed by atoms with Crippen molar-refractivity contribution in [2.45, 2.75) is 25.6 Å². The van der Waals surface area contributed by atoms with E-state index in [1.807, 2.05) is 0 Å². The predicted octanol–water partition coefficient (Wildman–Crippen LogP) is 2.84. The monoisotopic (exact) mass is 365 g/mol. The van der Waals surface area contributed by atoms with E-state index in [-0.39, 0.29) is 23.4 Å². The molecule has 0 radical (unpaired) electrons. The van der Waals surface area contributed by atoms with E-state index in [0.29, 0.717) is 18.1 Å². The highest BCUT2D eigenvalue weighted by atomic mass is 32.2. The molecule has 134 valence electrons. The number of rotatable bonds is 7. The summed E-state index contributed by atoms with van der Waals surface area (Å²) >= 11 is 1.24. The summed E-state index contributed by atoms with van der Waals surface area (Å²) in [5, 5.41) is 5.92. The van der Waals surface area contributed by atoms with Crippen molar-refractivity contribution in [1.82, 2.24) is 10.1 Å². The highest BCUT2D eigenvalue weighted by Crippen LogP contribution is 2.15. The average Bonchev–Trinajstić information content (AvgIpc) is 2.99. The second-order valence-corrected chi connectivity index (χ2v) is 6.97. The fraction of sp³-hybridized carbons (Fsp3) is 0.353. The second kappa shape index (κ2) is 8.66. The van der Waals surface area contributed by atoms with Crippen LogP contribution in [-0.4, -0.2) is 39.9 Å². The number of hydrogen-bond donors (Lipinski definition) is 1. The maximum Gasteiger partial charge on any atom is 0.238 e. The van der Waals surface area contributed by atoms with Gasteiger partial charge in [-0.15, -0.1) is 11.8 Å². The number of thioether (sulfide) groups is 1. The summed E-state index contributed by atoms with van der Waals surface area (Å²) in [4.78, 5) is 25.8. The van der Waals surface area contributed by atoms with Crippen LogP contribution in [0.2, 0.25) is 0 Å². The Kier molecular flexibility index (Phi) is 6.58. The number of carbonyl (C=O) groups excluding carboxylic acids is 2. The number of hydrogen-bond acceptors (Lipinski definition) is 5. The molecule has 1 atom stereocenters. The zero-order valence-corrected chi connectivity index (χ0v) is 15.1. The molecule has 1 heterocycles. The van der Waals surface area contributed by atoms with Gasteiger partial charge in [0.05, 0.1) is 11.0 Å². The Labute approximate surface area is 149 Å². The molecule has 0 aliphatic carbocycles. The minimum Gasteiger partial charge on any atom is -0.360 e. The number of anilines is 1. The summed E-state index contributed by atoms with van der Waals surface area (Å²) in [5.41, 5.74) is 0.842. The molecule has 1 aromatic carbocycles. The summed E-state index contributed by atoms with van der Waals surface area (Å²) in [5.74, 6) is 0.473. The molecule has 6 nitrogen and oxygen atoms in total. The van der Waals surface area contributed by atoms with E-state index in [1.54, 1.807) is 44.0 Å². The number of halogens is 1. The van der Waals surface area contributed by atoms with Gasteiger partial charge in [0.1, 0.15) is 11.6 Å². The van der Waals surface area contributed by atoms with Gasteiger partial charge in [-0.25, -0.2) is 4.39 Å². The molecule has 1 aromatic heterocycles. The van der Waals surface area contributed by atoms with E-state index >= 15 is 0 Å². The zero-order valence-electron chi connectivity index (χ0n) is 14.3. The first-order valence-corrected chi connectivity index (χ1v) is 8.74. The van der Waals surface area contributed by atoms with Gasteiger partial charge in [0.2, 0.25) is 11.8 Å². The first-order valence-electron chi connectivity index (χ1n) is 7.69. The molecule has 25 heavy (non-hydrogen) atoms. The molecule has 0 spiro atoms. The van der Waals surface area contributed by atoms with Crippen molar-refractivity contribution < 1.29 is 18.5 Å². The van der Waals surface area contributed by atoms with Crippen LogP contribution in [0.3, 0.4) is 0 Å². The summed E-state index contributed by atoms with van der Waals surface area (Å²) in [6.07, 6.45) is 0. The van der Waals surface area contributed by atoms with E-state index in [4.69, 9.17) is 4.52 Å². The minimum absolute atomic E-state index is 0.105. The Morgan fingerprint density at radius 1 is 1.36 bits per heavy atom. The van der Waals surface area contributed by atoms with Crippen LogP contribution in [0.1, 0.15) is 18.2 Å². The number of amides is 2. The van der Waals surface area contributed by atoms with Gasteiger partial charge in [0.15, 0.2) is 5.82 Å². The Balaban J connectivity index is 1.77. The first kappa shape index (κ1) is 19.0. The quantitative estimate of drug-likeness (QED) is 0.817. The van der Waals surface area contributed by atoms with Gasteiger partial charge < -0.3 is 14.7 Å². The number of nitrogens with zero attached hydrogens (tertiary/aromatic N) is 2. The van der Waals surface area contributed by atoms with E-state index in [2.05, 4.69) is 10.5 Å². The van der Waals surface area contributed by atoms with Gasteiger partial charge >= 0.3 is 0 Å². The highest BCUT2D eigenvalue weighted by Gasteiger charge is 2.18. The summed E-state index contributed by atoms with van der Waals surface area (Å²) < 4.78 is 17.8. The topological polar surface area (TPSA) is 75.4 Å². The van der Waals surface area contributed by atoms with Crippen LogP contribution in [-0.2, 0) is 16.1 Å². The lowest BCUT2D eigenvalue weighted by Crippen LogP contribution is -2.30. The maximum absolute atomic E-state index is 12.9. The number of benzene rings is 1. The van der Waals surface area contributed by atoms with Crippen molar-refractivity contribution in [1.29, 1.82) is 0 Å². The molecular formula is C17H20FN3O3S. The smallest absolute Gasteiger partial charge is 0.238 e. The molecule has 1 unspecified atom stereocenters. The minimum atomic E-state index is -0.417. The lowest BCUT2D eigenvalue weighted by Gasteiger charge is -2.18. The van der Waals surface area contributed by atoms with Gasteiger partial charge in [-0.05, 0) is 31.5 Å². The third-order valence-corrected chi connectivity index (χ3v) is 4.59. The Morgan fingerprint density at radius 3 is 2.64 bits per heavy atom. The molecule has 2 rings (SSSR count). The molecule has 0 bridgehead atoms. The van der Waals surface area contributed by atoms with Crippen LogP contribution >= 0.6 is 11.8 Å². The SMILES string of the molecule is Cc1cc(NC(=O)C(C)SCC(=O)N(C)Cc2ccc(F)cc2)no1. The molecule has 1 N–H and O–H groups in total. The van der Waals surface area contributed by atoms with Gasteiger partial charge in [-0.2, -0.15) is 0 Å². The van der Waals surface area contributed by atoms with Crippen molar-refractivity contribution in [3.63, 3.8) is 0 Å². The maximum atomic E-state index is 12.9. The number of aromatic nitrogens is 1. The van der Waals surface area contributed by atoms with Gasteiger partial charge in [0, 0.05) is 19.7 Å². The largest absolute Gasteiger partial charge is 0.360 e. The first-order chi connectivity index (χ1) is 11.8. The van der Waals surface area contributed by atoms with Crippen molar-refractivity contribution in [3.05, 3.63) is 47.5 Å². The number of aryl methyl sites for hydroxylation is 1. The van der Waals surface area contributed by atoms with E-state index in [9.17, 15) is 14.0 Å². The second-order valence-electron chi connectivity index (χ2n) is 5.64. The predicted molar refractivity (Wildman–Crippen MR) is 94.7 cm³/mol. The van der Waals surface area contributed by atoms with Gasteiger partial charge in [0.25, 0.3) is 0 Å². The number of carbonyl (C=O) groups is 2. The molecule has 0 saturated heterocycles. The van der Waals surface area contributed by atoms with Gasteiger partial charge in [-0.1, -0.05) is 17.3 Å². The lowest BCUT2D eigenvalue weighted by atomic mass is 10.2. The third kappa shape index (κ3) is 5.90. The van der Waals surface area contributed by atoms with Crippen LogP contribution in [0.5, 0.6) is 0 Å². The van der Waals surface area contributed by atoms with Crippen molar-refractivity contribution in [2.24, 2.45) is 0 Å². The van der Waals surface area contributed by atoms with Crippen LogP contribution in [0.15, 0.2) is 34.9 Å². The summed E-state index contributed by atoms with van der Waals surface area (Å²) in [7, 11) is 1.68. The van der Waals surface area contributed by atoms with Crippen molar-refractivity contribution in [2.75, 3.05) is 18.1 Å². The Hall–Kier alpha value is -2.35. The standard InChI is InChI=1S/C17H20FN3O3S/c1-11-8-15(20-24-11)19-17(23)12(2)25-10-16(22)21(3)9-13-4-6-14(18)7-5-13/h4-8,12H,9-10H2,1-3H3,(H,19,20,23). The Bertz CT molecular complexity index is 733. The fourth-order valence-electron chi connectivity index (χ4n) is 1.99. The van der Waals surface area contributed by atoms with Crippen LogP contribution in [0.25, 0.3) is 0 Å². The zero-order chi connectivity index (χ0) is 18.4. The van der Waals surface area contributed by atoms with E-state index in [1.165, 1.54) is 23.9 Å². The normalized spacial score (nSPS) is 11.8. The van der Waals surface area contributed by atoms with Crippen LogP contribution in [0, 0.1) is 12.7 Å². The summed E-state index contributed by atoms with van der Waals surface area (Å²) in [6, 6.07) is 7.63. The lowest BCUT2D eigenvalue weighted by molar-refractivity contribution is -0.127. The summed E-state index contributed by atoms with van der Waals surface area (Å²) in [6.45, 7) is 3.84. The molecule has 0 fully saturated rings.